The summed E-state index contributed by atoms with van der Waals surface area (Å²) in [7, 11) is 0. The van der Waals surface area contributed by atoms with Crippen molar-refractivity contribution in [3.8, 4) is 12.3 Å². The van der Waals surface area contributed by atoms with Gasteiger partial charge in [0.2, 0.25) is 5.91 Å². The number of carbonyl (C=O) groups excluding carboxylic acids is 1. The van der Waals surface area contributed by atoms with E-state index in [2.05, 4.69) is 0 Å². The Labute approximate surface area is 82.7 Å². The van der Waals surface area contributed by atoms with Crippen LogP contribution in [0.25, 0.3) is 0 Å². The van der Waals surface area contributed by atoms with Gasteiger partial charge < -0.3 is 5.11 Å². The number of halogens is 3. The molecular formula is C8H6F3NO3. The summed E-state index contributed by atoms with van der Waals surface area (Å²) in [6, 6.07) is -2.33. The van der Waals surface area contributed by atoms with Crippen LogP contribution in [0.2, 0.25) is 0 Å². The number of nitrogens with zero attached hydrogens (tertiary/aromatic N) is 1. The van der Waals surface area contributed by atoms with Crippen LogP contribution >= 0.6 is 0 Å². The van der Waals surface area contributed by atoms with Gasteiger partial charge in [-0.1, -0.05) is 5.92 Å². The standard InChI is InChI=1S/C8H6F3NO3/c1-2-4-3-5(8(9,10)11)12(6(4)13)7(14)15/h1,4-5H,3H2,(H,14,15). The first-order chi connectivity index (χ1) is 6.79. The van der Waals surface area contributed by atoms with Crippen molar-refractivity contribution in [1.29, 1.82) is 0 Å². The van der Waals surface area contributed by atoms with Crippen LogP contribution in [0.1, 0.15) is 6.42 Å². The molecule has 4 nitrogen and oxygen atoms in total. The number of hydrogen-bond acceptors (Lipinski definition) is 2. The quantitative estimate of drug-likeness (QED) is 0.622. The summed E-state index contributed by atoms with van der Waals surface area (Å²) in [4.78, 5) is 21.4. The Kier molecular flexibility index (Phi) is 2.62. The topological polar surface area (TPSA) is 57.6 Å². The molecule has 1 N–H and O–H groups in total. The van der Waals surface area contributed by atoms with Crippen LogP contribution < -0.4 is 0 Å². The lowest BCUT2D eigenvalue weighted by Crippen LogP contribution is -2.46. The Balaban J connectivity index is 3.05. The molecule has 1 fully saturated rings. The normalized spacial score (nSPS) is 26.5. The molecule has 2 unspecified atom stereocenters. The number of hydrogen-bond donors (Lipinski definition) is 1. The second-order valence-corrected chi connectivity index (χ2v) is 3.00. The molecule has 7 heteroatoms. The highest BCUT2D eigenvalue weighted by molar-refractivity contribution is 5.96. The van der Waals surface area contributed by atoms with Crippen molar-refractivity contribution in [3.63, 3.8) is 0 Å². The lowest BCUT2D eigenvalue weighted by molar-refractivity contribution is -0.175. The Morgan fingerprint density at radius 1 is 1.60 bits per heavy atom. The molecule has 1 saturated heterocycles. The third-order valence-corrected chi connectivity index (χ3v) is 2.09. The lowest BCUT2D eigenvalue weighted by atomic mass is 10.1. The zero-order valence-electron chi connectivity index (χ0n) is 7.28. The molecule has 0 aromatic heterocycles. The zero-order valence-corrected chi connectivity index (χ0v) is 7.28. The number of terminal acetylenes is 1. The van der Waals surface area contributed by atoms with Crippen LogP contribution in [0.15, 0.2) is 0 Å². The van der Waals surface area contributed by atoms with E-state index in [-0.39, 0.29) is 4.90 Å². The van der Waals surface area contributed by atoms with E-state index in [9.17, 15) is 22.8 Å². The summed E-state index contributed by atoms with van der Waals surface area (Å²) in [5, 5.41) is 8.47. The molecule has 1 aliphatic rings. The van der Waals surface area contributed by atoms with Gasteiger partial charge in [0, 0.05) is 0 Å². The van der Waals surface area contributed by atoms with Crippen LogP contribution in [-0.4, -0.2) is 34.2 Å². The molecule has 2 atom stereocenters. The second kappa shape index (κ2) is 3.46. The summed E-state index contributed by atoms with van der Waals surface area (Å²) >= 11 is 0. The van der Waals surface area contributed by atoms with E-state index in [4.69, 9.17) is 11.5 Å². The monoisotopic (exact) mass is 221 g/mol. The summed E-state index contributed by atoms with van der Waals surface area (Å²) in [6.07, 6.45) is -2.58. The number of alkyl halides is 3. The van der Waals surface area contributed by atoms with Gasteiger partial charge in [-0.05, 0) is 6.42 Å². The number of likely N-dealkylation sites (tertiary alicyclic amines) is 1. The first kappa shape index (κ1) is 11.4. The molecule has 0 aromatic rings. The van der Waals surface area contributed by atoms with Gasteiger partial charge >= 0.3 is 12.3 Å². The fourth-order valence-corrected chi connectivity index (χ4v) is 1.40. The van der Waals surface area contributed by atoms with Crippen molar-refractivity contribution >= 4 is 12.0 Å². The Hall–Kier alpha value is -1.71. The van der Waals surface area contributed by atoms with Crippen LogP contribution in [0.5, 0.6) is 0 Å². The highest BCUT2D eigenvalue weighted by Crippen LogP contribution is 2.35. The van der Waals surface area contributed by atoms with Gasteiger partial charge in [-0.2, -0.15) is 13.2 Å². The summed E-state index contributed by atoms with van der Waals surface area (Å²) in [5.41, 5.74) is 0. The number of carbonyl (C=O) groups is 2. The van der Waals surface area contributed by atoms with Gasteiger partial charge in [0.25, 0.3) is 0 Å². The summed E-state index contributed by atoms with van der Waals surface area (Å²) in [5.74, 6) is -0.654. The molecule has 0 bridgehead atoms. The van der Waals surface area contributed by atoms with E-state index in [0.717, 1.165) is 0 Å². The highest BCUT2D eigenvalue weighted by Gasteiger charge is 2.55. The van der Waals surface area contributed by atoms with Gasteiger partial charge in [-0.25, -0.2) is 9.69 Å². The van der Waals surface area contributed by atoms with E-state index >= 15 is 0 Å². The molecule has 0 radical (unpaired) electrons. The molecule has 0 aromatic carbocycles. The van der Waals surface area contributed by atoms with E-state index in [0.29, 0.717) is 0 Å². The van der Waals surface area contributed by atoms with E-state index < -0.39 is 36.6 Å². The molecule has 1 aliphatic heterocycles. The average molecular weight is 221 g/mol. The van der Waals surface area contributed by atoms with Crippen molar-refractivity contribution in [3.05, 3.63) is 0 Å². The number of imide groups is 1. The van der Waals surface area contributed by atoms with Gasteiger partial charge in [0.1, 0.15) is 12.0 Å². The van der Waals surface area contributed by atoms with Crippen molar-refractivity contribution in [2.75, 3.05) is 0 Å². The smallest absolute Gasteiger partial charge is 0.414 e. The lowest BCUT2D eigenvalue weighted by Gasteiger charge is -2.21. The van der Waals surface area contributed by atoms with Gasteiger partial charge in [0.05, 0.1) is 0 Å². The maximum absolute atomic E-state index is 12.3. The van der Waals surface area contributed by atoms with Gasteiger partial charge in [0.15, 0.2) is 0 Å². The summed E-state index contributed by atoms with van der Waals surface area (Å²) < 4.78 is 37.0. The SMILES string of the molecule is C#CC1CC(C(F)(F)F)N(C(=O)O)C1=O. The van der Waals surface area contributed by atoms with E-state index in [1.54, 1.807) is 0 Å². The third-order valence-electron chi connectivity index (χ3n) is 2.09. The molecule has 1 heterocycles. The Bertz CT molecular complexity index is 344. The van der Waals surface area contributed by atoms with Crippen molar-refractivity contribution in [2.24, 2.45) is 5.92 Å². The molecule has 2 amide bonds. The number of amides is 2. The molecule has 0 aliphatic carbocycles. The summed E-state index contributed by atoms with van der Waals surface area (Å²) in [6.45, 7) is 0. The minimum absolute atomic E-state index is 0.246. The maximum Gasteiger partial charge on any atom is 0.414 e. The molecule has 0 saturated carbocycles. The molecule has 15 heavy (non-hydrogen) atoms. The highest BCUT2D eigenvalue weighted by atomic mass is 19.4. The number of carboxylic acid groups (broad SMARTS) is 1. The molecule has 1 rings (SSSR count). The second-order valence-electron chi connectivity index (χ2n) is 3.00. The third kappa shape index (κ3) is 1.88. The first-order valence-corrected chi connectivity index (χ1v) is 3.88. The minimum atomic E-state index is -4.78. The van der Waals surface area contributed by atoms with Gasteiger partial charge in [-0.3, -0.25) is 4.79 Å². The van der Waals surface area contributed by atoms with Crippen molar-refractivity contribution < 1.29 is 27.9 Å². The van der Waals surface area contributed by atoms with Crippen molar-refractivity contribution in [1.82, 2.24) is 4.90 Å². The van der Waals surface area contributed by atoms with Crippen LogP contribution in [0, 0.1) is 18.3 Å². The van der Waals surface area contributed by atoms with Crippen LogP contribution in [-0.2, 0) is 4.79 Å². The van der Waals surface area contributed by atoms with Crippen LogP contribution in [0.4, 0.5) is 18.0 Å². The predicted molar refractivity (Wildman–Crippen MR) is 41.7 cm³/mol. The molecule has 0 spiro atoms. The fourth-order valence-electron chi connectivity index (χ4n) is 1.40. The fraction of sp³-hybridized carbons (Fsp3) is 0.500. The molecule has 82 valence electrons. The number of rotatable bonds is 0. The first-order valence-electron chi connectivity index (χ1n) is 3.88. The van der Waals surface area contributed by atoms with Gasteiger partial charge in [-0.15, -0.1) is 6.42 Å². The minimum Gasteiger partial charge on any atom is -0.465 e. The van der Waals surface area contributed by atoms with E-state index in [1.165, 1.54) is 0 Å². The Morgan fingerprint density at radius 2 is 2.13 bits per heavy atom. The zero-order chi connectivity index (χ0) is 11.8. The van der Waals surface area contributed by atoms with Crippen molar-refractivity contribution in [2.45, 2.75) is 18.6 Å². The predicted octanol–water partition coefficient (Wildman–Crippen LogP) is 1.08. The molecular weight excluding hydrogens is 215 g/mol. The largest absolute Gasteiger partial charge is 0.465 e. The Morgan fingerprint density at radius 3 is 2.40 bits per heavy atom. The van der Waals surface area contributed by atoms with Crippen LogP contribution in [0.3, 0.4) is 0 Å². The maximum atomic E-state index is 12.3. The van der Waals surface area contributed by atoms with E-state index in [1.807, 2.05) is 5.92 Å². The average Bonchev–Trinajstić information content (AvgIpc) is 2.41.